The minimum Gasteiger partial charge on any atom is -0.345 e. The van der Waals surface area contributed by atoms with Gasteiger partial charge in [-0.25, -0.2) is 4.98 Å². The average molecular weight is 347 g/mol. The number of carbonyl (C=O) groups is 2. The van der Waals surface area contributed by atoms with Gasteiger partial charge in [-0.2, -0.15) is 5.10 Å². The number of rotatable bonds is 4. The Kier molecular flexibility index (Phi) is 3.96. The zero-order chi connectivity index (χ0) is 18.1. The summed E-state index contributed by atoms with van der Waals surface area (Å²) >= 11 is 0. The van der Waals surface area contributed by atoms with Crippen LogP contribution in [0.4, 0.5) is 5.69 Å². The lowest BCUT2D eigenvalue weighted by atomic mass is 10.0. The van der Waals surface area contributed by atoms with Gasteiger partial charge in [-0.15, -0.1) is 0 Å². The number of amides is 2. The zero-order valence-corrected chi connectivity index (χ0v) is 14.1. The van der Waals surface area contributed by atoms with Crippen LogP contribution in [-0.4, -0.2) is 27.0 Å². The Morgan fingerprint density at radius 1 is 1.15 bits per heavy atom. The van der Waals surface area contributed by atoms with Crippen molar-refractivity contribution in [2.45, 2.75) is 19.4 Å². The lowest BCUT2D eigenvalue weighted by Gasteiger charge is -2.12. The van der Waals surface area contributed by atoms with Gasteiger partial charge in [0.1, 0.15) is 5.82 Å². The molecule has 26 heavy (non-hydrogen) atoms. The number of benzene rings is 2. The topological polar surface area (TPSA) is 99.8 Å². The molecule has 7 heteroatoms. The van der Waals surface area contributed by atoms with Crippen LogP contribution in [0.5, 0.6) is 0 Å². The van der Waals surface area contributed by atoms with Crippen molar-refractivity contribution in [2.75, 3.05) is 5.32 Å². The summed E-state index contributed by atoms with van der Waals surface area (Å²) in [5.41, 5.74) is 3.05. The molecule has 2 amide bonds. The molecule has 0 radical (unpaired) electrons. The van der Waals surface area contributed by atoms with E-state index in [1.54, 1.807) is 18.2 Å². The van der Waals surface area contributed by atoms with Gasteiger partial charge in [0.05, 0.1) is 12.5 Å². The Morgan fingerprint density at radius 3 is 2.65 bits per heavy atom. The SMILES string of the molecule is Cc1nc(-c2ccc(NC(=O)CC3NC(=O)c4ccccc43)cc2)n[nH]1. The quantitative estimate of drug-likeness (QED) is 0.675. The molecule has 4 rings (SSSR count). The third-order valence-electron chi connectivity index (χ3n) is 4.30. The summed E-state index contributed by atoms with van der Waals surface area (Å²) in [5, 5.41) is 12.6. The summed E-state index contributed by atoms with van der Waals surface area (Å²) in [7, 11) is 0. The van der Waals surface area contributed by atoms with Crippen molar-refractivity contribution in [1.82, 2.24) is 20.5 Å². The fourth-order valence-corrected chi connectivity index (χ4v) is 3.05. The van der Waals surface area contributed by atoms with E-state index < -0.39 is 0 Å². The average Bonchev–Trinajstić information content (AvgIpc) is 3.20. The van der Waals surface area contributed by atoms with Crippen LogP contribution < -0.4 is 10.6 Å². The fraction of sp³-hybridized carbons (Fsp3) is 0.158. The van der Waals surface area contributed by atoms with E-state index >= 15 is 0 Å². The number of hydrogen-bond acceptors (Lipinski definition) is 4. The highest BCUT2D eigenvalue weighted by molar-refractivity contribution is 6.00. The van der Waals surface area contributed by atoms with Crippen LogP contribution in [0.15, 0.2) is 48.5 Å². The first-order chi connectivity index (χ1) is 12.6. The maximum Gasteiger partial charge on any atom is 0.252 e. The molecular formula is C19H17N5O2. The van der Waals surface area contributed by atoms with Crippen molar-refractivity contribution in [3.8, 4) is 11.4 Å². The number of anilines is 1. The molecule has 1 aliphatic heterocycles. The maximum absolute atomic E-state index is 12.4. The van der Waals surface area contributed by atoms with Gasteiger partial charge in [0, 0.05) is 16.8 Å². The molecule has 2 aromatic carbocycles. The highest BCUT2D eigenvalue weighted by Gasteiger charge is 2.29. The van der Waals surface area contributed by atoms with Crippen LogP contribution in [0.1, 0.15) is 34.2 Å². The summed E-state index contributed by atoms with van der Waals surface area (Å²) in [6.45, 7) is 1.84. The second kappa shape index (κ2) is 6.44. The molecule has 1 aliphatic rings. The van der Waals surface area contributed by atoms with E-state index in [1.165, 1.54) is 0 Å². The van der Waals surface area contributed by atoms with E-state index in [4.69, 9.17) is 0 Å². The first kappa shape index (κ1) is 16.0. The molecule has 1 unspecified atom stereocenters. The Balaban J connectivity index is 1.42. The molecule has 0 spiro atoms. The van der Waals surface area contributed by atoms with E-state index in [2.05, 4.69) is 25.8 Å². The lowest BCUT2D eigenvalue weighted by Crippen LogP contribution is -2.24. The smallest absolute Gasteiger partial charge is 0.252 e. The molecular weight excluding hydrogens is 330 g/mol. The van der Waals surface area contributed by atoms with Crippen molar-refractivity contribution >= 4 is 17.5 Å². The van der Waals surface area contributed by atoms with Crippen LogP contribution in [0.25, 0.3) is 11.4 Å². The standard InChI is InChI=1S/C19H17N5O2/c1-11-20-18(24-23-11)12-6-8-13(9-7-12)21-17(25)10-16-14-4-2-3-5-15(14)19(26)22-16/h2-9,16H,10H2,1H3,(H,21,25)(H,22,26)(H,20,23,24). The summed E-state index contributed by atoms with van der Waals surface area (Å²) in [6, 6.07) is 14.3. The van der Waals surface area contributed by atoms with Gasteiger partial charge in [0.15, 0.2) is 5.82 Å². The Labute approximate surface area is 149 Å². The van der Waals surface area contributed by atoms with Crippen molar-refractivity contribution in [3.63, 3.8) is 0 Å². The van der Waals surface area contributed by atoms with Crippen molar-refractivity contribution in [1.29, 1.82) is 0 Å². The summed E-state index contributed by atoms with van der Waals surface area (Å²) in [6.07, 6.45) is 0.185. The first-order valence-corrected chi connectivity index (χ1v) is 8.29. The molecule has 130 valence electrons. The molecule has 3 N–H and O–H groups in total. The third kappa shape index (κ3) is 3.06. The number of fused-ring (bicyclic) bond motifs is 1. The van der Waals surface area contributed by atoms with E-state index in [1.807, 2.05) is 37.3 Å². The predicted molar refractivity (Wildman–Crippen MR) is 96.5 cm³/mol. The number of aryl methyl sites for hydroxylation is 1. The van der Waals surface area contributed by atoms with Crippen LogP contribution in [0.3, 0.4) is 0 Å². The second-order valence-electron chi connectivity index (χ2n) is 6.19. The molecule has 0 bridgehead atoms. The van der Waals surface area contributed by atoms with Gasteiger partial charge >= 0.3 is 0 Å². The van der Waals surface area contributed by atoms with Gasteiger partial charge in [0.2, 0.25) is 5.91 Å². The minimum absolute atomic E-state index is 0.135. The number of carbonyl (C=O) groups excluding carboxylic acids is 2. The predicted octanol–water partition coefficient (Wildman–Crippen LogP) is 2.59. The summed E-state index contributed by atoms with van der Waals surface area (Å²) in [4.78, 5) is 28.6. The number of H-pyrrole nitrogens is 1. The second-order valence-corrected chi connectivity index (χ2v) is 6.19. The monoisotopic (exact) mass is 347 g/mol. The molecule has 0 saturated heterocycles. The number of aromatic nitrogens is 3. The molecule has 2 heterocycles. The normalized spacial score (nSPS) is 15.4. The van der Waals surface area contributed by atoms with E-state index in [-0.39, 0.29) is 24.3 Å². The maximum atomic E-state index is 12.4. The van der Waals surface area contributed by atoms with Gasteiger partial charge < -0.3 is 10.6 Å². The number of hydrogen-bond donors (Lipinski definition) is 3. The molecule has 1 aromatic heterocycles. The van der Waals surface area contributed by atoms with Crippen LogP contribution in [-0.2, 0) is 4.79 Å². The molecule has 3 aromatic rings. The lowest BCUT2D eigenvalue weighted by molar-refractivity contribution is -0.116. The third-order valence-corrected chi connectivity index (χ3v) is 4.30. The van der Waals surface area contributed by atoms with Gasteiger partial charge in [0.25, 0.3) is 5.91 Å². The van der Waals surface area contributed by atoms with Gasteiger partial charge in [-0.1, -0.05) is 18.2 Å². The van der Waals surface area contributed by atoms with Crippen molar-refractivity contribution in [3.05, 3.63) is 65.5 Å². The van der Waals surface area contributed by atoms with E-state index in [0.29, 0.717) is 17.1 Å². The molecule has 0 fully saturated rings. The zero-order valence-electron chi connectivity index (χ0n) is 14.1. The molecule has 7 nitrogen and oxygen atoms in total. The molecule has 1 atom stereocenters. The minimum atomic E-state index is -0.297. The largest absolute Gasteiger partial charge is 0.345 e. The van der Waals surface area contributed by atoms with Gasteiger partial charge in [-0.05, 0) is 42.8 Å². The summed E-state index contributed by atoms with van der Waals surface area (Å²) in [5.74, 6) is 1.07. The van der Waals surface area contributed by atoms with Crippen molar-refractivity contribution in [2.24, 2.45) is 0 Å². The Hall–Kier alpha value is -3.48. The van der Waals surface area contributed by atoms with Crippen LogP contribution >= 0.6 is 0 Å². The number of nitrogens with zero attached hydrogens (tertiary/aromatic N) is 2. The first-order valence-electron chi connectivity index (χ1n) is 8.29. The summed E-state index contributed by atoms with van der Waals surface area (Å²) < 4.78 is 0. The van der Waals surface area contributed by atoms with Gasteiger partial charge in [-0.3, -0.25) is 14.7 Å². The van der Waals surface area contributed by atoms with Crippen molar-refractivity contribution < 1.29 is 9.59 Å². The van der Waals surface area contributed by atoms with Crippen LogP contribution in [0, 0.1) is 6.92 Å². The van der Waals surface area contributed by atoms with E-state index in [0.717, 1.165) is 17.0 Å². The number of nitrogens with one attached hydrogen (secondary N) is 3. The van der Waals surface area contributed by atoms with E-state index in [9.17, 15) is 9.59 Å². The highest BCUT2D eigenvalue weighted by atomic mass is 16.2. The highest BCUT2D eigenvalue weighted by Crippen LogP contribution is 2.28. The Bertz CT molecular complexity index is 978. The molecule has 0 saturated carbocycles. The Morgan fingerprint density at radius 2 is 1.92 bits per heavy atom. The number of aromatic amines is 1. The molecule has 0 aliphatic carbocycles. The van der Waals surface area contributed by atoms with Crippen LogP contribution in [0.2, 0.25) is 0 Å². The fourth-order valence-electron chi connectivity index (χ4n) is 3.05.